The lowest BCUT2D eigenvalue weighted by Gasteiger charge is -2.09. The second-order valence-corrected chi connectivity index (χ2v) is 4.01. The first-order valence-corrected chi connectivity index (χ1v) is 5.69. The van der Waals surface area contributed by atoms with E-state index in [1.54, 1.807) is 0 Å². The third-order valence-corrected chi connectivity index (χ3v) is 2.66. The molecule has 1 aromatic heterocycles. The number of benzene rings is 1. The topological polar surface area (TPSA) is 117 Å². The molecule has 0 saturated heterocycles. The van der Waals surface area contributed by atoms with E-state index < -0.39 is 16.7 Å². The van der Waals surface area contributed by atoms with Crippen LogP contribution in [0, 0.1) is 10.1 Å². The molecule has 1 N–H and O–H groups in total. The monoisotopic (exact) mass is 293 g/mol. The Morgan fingerprint density at radius 2 is 2.19 bits per heavy atom. The first-order valence-electron chi connectivity index (χ1n) is 5.69. The van der Waals surface area contributed by atoms with Crippen LogP contribution in [0.3, 0.4) is 0 Å². The van der Waals surface area contributed by atoms with Gasteiger partial charge in [0.1, 0.15) is 17.1 Å². The molecule has 0 unspecified atom stereocenters. The molecule has 0 amide bonds. The summed E-state index contributed by atoms with van der Waals surface area (Å²) in [5.74, 6) is -1.61. The van der Waals surface area contributed by atoms with Crippen LogP contribution in [0.2, 0.25) is 0 Å². The first kappa shape index (κ1) is 14.3. The number of imidazole rings is 1. The molecule has 9 nitrogen and oxygen atoms in total. The number of carbonyl (C=O) groups is 1. The highest BCUT2D eigenvalue weighted by atomic mass is 16.6. The SMILES string of the molecule is COc1ccc(Oc2c([N+](=O)[O-])ncn2C)c(C(=O)O)c1. The summed E-state index contributed by atoms with van der Waals surface area (Å²) in [5.41, 5.74) is -0.176. The fraction of sp³-hybridized carbons (Fsp3) is 0.167. The second-order valence-electron chi connectivity index (χ2n) is 4.01. The Morgan fingerprint density at radius 1 is 1.48 bits per heavy atom. The zero-order chi connectivity index (χ0) is 15.6. The van der Waals surface area contributed by atoms with Gasteiger partial charge in [0.25, 0.3) is 0 Å². The van der Waals surface area contributed by atoms with Crippen LogP contribution in [0.15, 0.2) is 24.5 Å². The maximum absolute atomic E-state index is 11.2. The number of hydrogen-bond acceptors (Lipinski definition) is 6. The predicted molar refractivity (Wildman–Crippen MR) is 69.9 cm³/mol. The molecular formula is C12H11N3O6. The van der Waals surface area contributed by atoms with Crippen LogP contribution in [0.1, 0.15) is 10.4 Å². The molecule has 0 aliphatic rings. The van der Waals surface area contributed by atoms with Crippen LogP contribution in [0.25, 0.3) is 0 Å². The fourth-order valence-electron chi connectivity index (χ4n) is 1.65. The van der Waals surface area contributed by atoms with Gasteiger partial charge >= 0.3 is 17.7 Å². The van der Waals surface area contributed by atoms with Crippen molar-refractivity contribution in [1.29, 1.82) is 0 Å². The molecule has 0 bridgehead atoms. The zero-order valence-electron chi connectivity index (χ0n) is 11.1. The maximum Gasteiger partial charge on any atom is 0.427 e. The number of carboxylic acid groups (broad SMARTS) is 1. The smallest absolute Gasteiger partial charge is 0.427 e. The number of aromatic carboxylic acids is 1. The molecule has 0 aliphatic heterocycles. The predicted octanol–water partition coefficient (Wildman–Crippen LogP) is 1.83. The quantitative estimate of drug-likeness (QED) is 0.660. The van der Waals surface area contributed by atoms with Crippen LogP contribution in [0.5, 0.6) is 17.4 Å². The van der Waals surface area contributed by atoms with Gasteiger partial charge in [0.2, 0.25) is 6.33 Å². The fourth-order valence-corrected chi connectivity index (χ4v) is 1.65. The molecule has 9 heteroatoms. The van der Waals surface area contributed by atoms with Crippen LogP contribution in [-0.2, 0) is 7.05 Å². The highest BCUT2D eigenvalue weighted by Gasteiger charge is 2.24. The molecule has 0 fully saturated rings. The van der Waals surface area contributed by atoms with Gasteiger partial charge in [-0.3, -0.25) is 4.57 Å². The number of aromatic nitrogens is 2. The number of ether oxygens (including phenoxy) is 2. The molecule has 2 rings (SSSR count). The van der Waals surface area contributed by atoms with Crippen molar-refractivity contribution >= 4 is 11.8 Å². The molecular weight excluding hydrogens is 282 g/mol. The molecule has 2 aromatic rings. The van der Waals surface area contributed by atoms with Crippen molar-refractivity contribution in [2.75, 3.05) is 7.11 Å². The maximum atomic E-state index is 11.2. The van der Waals surface area contributed by atoms with Crippen LogP contribution in [-0.4, -0.2) is 32.7 Å². The molecule has 0 radical (unpaired) electrons. The lowest BCUT2D eigenvalue weighted by Crippen LogP contribution is -2.03. The number of methoxy groups -OCH3 is 1. The van der Waals surface area contributed by atoms with Gasteiger partial charge in [-0.15, -0.1) is 0 Å². The molecule has 1 aromatic carbocycles. The summed E-state index contributed by atoms with van der Waals surface area (Å²) in [6, 6.07) is 4.11. The molecule has 0 atom stereocenters. The summed E-state index contributed by atoms with van der Waals surface area (Å²) < 4.78 is 11.6. The van der Waals surface area contributed by atoms with Gasteiger partial charge in [0.15, 0.2) is 0 Å². The van der Waals surface area contributed by atoms with Crippen LogP contribution >= 0.6 is 0 Å². The van der Waals surface area contributed by atoms with E-state index in [0.29, 0.717) is 5.75 Å². The second kappa shape index (κ2) is 5.49. The van der Waals surface area contributed by atoms with Gasteiger partial charge in [0.05, 0.1) is 7.11 Å². The molecule has 110 valence electrons. The third kappa shape index (κ3) is 2.76. The van der Waals surface area contributed by atoms with Crippen molar-refractivity contribution < 1.29 is 24.3 Å². The highest BCUT2D eigenvalue weighted by molar-refractivity contribution is 5.91. The number of nitro groups is 1. The minimum absolute atomic E-state index is 0.0463. The minimum Gasteiger partial charge on any atom is -0.497 e. The van der Waals surface area contributed by atoms with E-state index in [0.717, 1.165) is 0 Å². The van der Waals surface area contributed by atoms with Gasteiger partial charge in [-0.25, -0.2) is 4.79 Å². The van der Waals surface area contributed by atoms with Crippen LogP contribution in [0.4, 0.5) is 5.82 Å². The van der Waals surface area contributed by atoms with Crippen molar-refractivity contribution in [2.45, 2.75) is 0 Å². The normalized spacial score (nSPS) is 10.2. The van der Waals surface area contributed by atoms with Gasteiger partial charge in [-0.05, 0) is 28.1 Å². The average molecular weight is 293 g/mol. The largest absolute Gasteiger partial charge is 0.497 e. The van der Waals surface area contributed by atoms with E-state index in [9.17, 15) is 20.0 Å². The molecule has 0 aliphatic carbocycles. The third-order valence-electron chi connectivity index (χ3n) is 2.66. The van der Waals surface area contributed by atoms with Gasteiger partial charge in [0, 0.05) is 7.05 Å². The minimum atomic E-state index is -1.24. The van der Waals surface area contributed by atoms with E-state index in [2.05, 4.69) is 4.98 Å². The van der Waals surface area contributed by atoms with E-state index in [1.165, 1.54) is 43.3 Å². The van der Waals surface area contributed by atoms with Gasteiger partial charge < -0.3 is 24.7 Å². The number of hydrogen-bond donors (Lipinski definition) is 1. The Morgan fingerprint density at radius 3 is 2.76 bits per heavy atom. The first-order chi connectivity index (χ1) is 9.93. The zero-order valence-corrected chi connectivity index (χ0v) is 11.1. The van der Waals surface area contributed by atoms with E-state index >= 15 is 0 Å². The van der Waals surface area contributed by atoms with Gasteiger partial charge in [-0.2, -0.15) is 0 Å². The van der Waals surface area contributed by atoms with E-state index in [4.69, 9.17) is 9.47 Å². The van der Waals surface area contributed by atoms with Crippen molar-refractivity contribution in [1.82, 2.24) is 9.55 Å². The summed E-state index contributed by atoms with van der Waals surface area (Å²) >= 11 is 0. The Bertz CT molecular complexity index is 709. The molecule has 0 saturated carbocycles. The lowest BCUT2D eigenvalue weighted by molar-refractivity contribution is -0.390. The van der Waals surface area contributed by atoms with E-state index in [-0.39, 0.29) is 17.2 Å². The average Bonchev–Trinajstić information content (AvgIpc) is 2.80. The van der Waals surface area contributed by atoms with Gasteiger partial charge in [-0.1, -0.05) is 0 Å². The summed E-state index contributed by atoms with van der Waals surface area (Å²) in [5, 5.41) is 20.0. The summed E-state index contributed by atoms with van der Waals surface area (Å²) in [4.78, 5) is 25.0. The number of rotatable bonds is 5. The van der Waals surface area contributed by atoms with Crippen molar-refractivity contribution in [3.8, 4) is 17.4 Å². The summed E-state index contributed by atoms with van der Waals surface area (Å²) in [7, 11) is 2.90. The molecule has 0 spiro atoms. The van der Waals surface area contributed by atoms with Crippen LogP contribution < -0.4 is 9.47 Å². The highest BCUT2D eigenvalue weighted by Crippen LogP contribution is 2.33. The standard InChI is InChI=1S/C12H11N3O6/c1-14-6-13-10(15(18)19)11(14)21-9-4-3-7(20-2)5-8(9)12(16)17/h3-6H,1-2H3,(H,16,17). The van der Waals surface area contributed by atoms with Crippen molar-refractivity contribution in [3.63, 3.8) is 0 Å². The lowest BCUT2D eigenvalue weighted by atomic mass is 10.2. The van der Waals surface area contributed by atoms with Crippen molar-refractivity contribution in [2.24, 2.45) is 7.05 Å². The number of carboxylic acids is 1. The Balaban J connectivity index is 2.47. The molecule has 1 heterocycles. The number of aryl methyl sites for hydroxylation is 1. The Hall–Kier alpha value is -3.10. The Labute approximate surface area is 118 Å². The van der Waals surface area contributed by atoms with E-state index in [1.807, 2.05) is 0 Å². The van der Waals surface area contributed by atoms with Crippen molar-refractivity contribution in [3.05, 3.63) is 40.2 Å². The molecule has 21 heavy (non-hydrogen) atoms. The summed E-state index contributed by atoms with van der Waals surface area (Å²) in [6.45, 7) is 0. The number of nitrogens with zero attached hydrogens (tertiary/aromatic N) is 3. The Kier molecular flexibility index (Phi) is 3.74. The summed E-state index contributed by atoms with van der Waals surface area (Å²) in [6.07, 6.45) is 1.21.